The number of para-hydroxylation sites is 1. The van der Waals surface area contributed by atoms with Crippen LogP contribution in [0.1, 0.15) is 18.4 Å². The first-order valence-electron chi connectivity index (χ1n) is 10.5. The lowest BCUT2D eigenvalue weighted by atomic mass is 9.74. The van der Waals surface area contributed by atoms with Crippen LogP contribution >= 0.6 is 0 Å². The molecule has 1 aromatic heterocycles. The summed E-state index contributed by atoms with van der Waals surface area (Å²) in [7, 11) is 0. The molecule has 2 fully saturated rings. The number of piperidine rings is 1. The molecule has 0 unspecified atom stereocenters. The molecule has 1 atom stereocenters. The number of pyridine rings is 1. The van der Waals surface area contributed by atoms with E-state index in [2.05, 4.69) is 26.6 Å². The molecule has 2 N–H and O–H groups in total. The molecule has 5 rings (SSSR count). The number of nitrogens with one attached hydrogen (secondary N) is 2. The van der Waals surface area contributed by atoms with Gasteiger partial charge in [0.15, 0.2) is 0 Å². The summed E-state index contributed by atoms with van der Waals surface area (Å²) in [5.41, 5.74) is 1.90. The highest BCUT2D eigenvalue weighted by molar-refractivity contribution is 6.07. The summed E-state index contributed by atoms with van der Waals surface area (Å²) < 4.78 is 13.3. The number of rotatable bonds is 4. The molecule has 7 heteroatoms. The van der Waals surface area contributed by atoms with Gasteiger partial charge in [0.1, 0.15) is 11.4 Å². The first-order valence-corrected chi connectivity index (χ1v) is 10.5. The highest BCUT2D eigenvalue weighted by Gasteiger charge is 2.52. The number of halogens is 1. The molecule has 0 aliphatic carbocycles. The molecule has 2 saturated heterocycles. The zero-order chi connectivity index (χ0) is 21.4. The quantitative estimate of drug-likeness (QED) is 0.637. The average molecular weight is 418 g/mol. The summed E-state index contributed by atoms with van der Waals surface area (Å²) in [5, 5.41) is 6.44. The van der Waals surface area contributed by atoms with Gasteiger partial charge in [0.2, 0.25) is 0 Å². The van der Waals surface area contributed by atoms with E-state index in [0.29, 0.717) is 6.42 Å². The van der Waals surface area contributed by atoms with Crippen LogP contribution in [0.4, 0.5) is 14.9 Å². The Bertz CT molecular complexity index is 1140. The highest BCUT2D eigenvalue weighted by atomic mass is 19.1. The fourth-order valence-electron chi connectivity index (χ4n) is 4.96. The maximum absolute atomic E-state index is 13.3. The minimum atomic E-state index is -1.01. The van der Waals surface area contributed by atoms with Crippen LogP contribution in [0, 0.1) is 11.7 Å². The second kappa shape index (κ2) is 7.65. The van der Waals surface area contributed by atoms with Crippen molar-refractivity contribution in [1.82, 2.24) is 15.6 Å². The third-order valence-electron chi connectivity index (χ3n) is 6.52. The molecule has 6 nitrogen and oxygen atoms in total. The summed E-state index contributed by atoms with van der Waals surface area (Å²) in [4.78, 5) is 31.7. The average Bonchev–Trinajstić information content (AvgIpc) is 3.08. The molecule has 3 aromatic rings. The standard InChI is InChI=1S/C24H23FN4O2/c25-18-7-5-16(6-8-18)15-24(22(30)27-23(31)28-24)17-10-13-29(14-11-17)21-9-12-26-20-4-2-1-3-19(20)21/h1-9,12,17H,10-11,13-15H2,(H2,27,28,30,31)/t24-/m1/s1. The van der Waals surface area contributed by atoms with E-state index >= 15 is 0 Å². The summed E-state index contributed by atoms with van der Waals surface area (Å²) in [6, 6.07) is 15.7. The summed E-state index contributed by atoms with van der Waals surface area (Å²) in [5.74, 6) is -0.640. The number of imide groups is 1. The van der Waals surface area contributed by atoms with Crippen LogP contribution in [0.25, 0.3) is 10.9 Å². The number of urea groups is 1. The summed E-state index contributed by atoms with van der Waals surface area (Å²) in [6.45, 7) is 1.54. The zero-order valence-corrected chi connectivity index (χ0v) is 17.0. The predicted octanol–water partition coefficient (Wildman–Crippen LogP) is 3.41. The number of anilines is 1. The molecular weight excluding hydrogens is 395 g/mol. The Balaban J connectivity index is 1.39. The summed E-state index contributed by atoms with van der Waals surface area (Å²) >= 11 is 0. The Morgan fingerprint density at radius 2 is 1.77 bits per heavy atom. The van der Waals surface area contributed by atoms with E-state index in [0.717, 1.165) is 48.1 Å². The first kappa shape index (κ1) is 19.5. The Labute approximate surface area is 179 Å². The maximum atomic E-state index is 13.3. The second-order valence-corrected chi connectivity index (χ2v) is 8.29. The second-order valence-electron chi connectivity index (χ2n) is 8.29. The predicted molar refractivity (Wildman–Crippen MR) is 116 cm³/mol. The molecule has 0 saturated carbocycles. The Kier molecular flexibility index (Phi) is 4.81. The lowest BCUT2D eigenvalue weighted by Crippen LogP contribution is -2.57. The molecule has 2 aromatic carbocycles. The molecule has 2 aliphatic heterocycles. The van der Waals surface area contributed by atoms with Crippen molar-refractivity contribution in [1.29, 1.82) is 0 Å². The van der Waals surface area contributed by atoms with Crippen LogP contribution < -0.4 is 15.5 Å². The topological polar surface area (TPSA) is 74.3 Å². The molecule has 2 aliphatic rings. The van der Waals surface area contributed by atoms with Crippen molar-refractivity contribution < 1.29 is 14.0 Å². The third-order valence-corrected chi connectivity index (χ3v) is 6.52. The van der Waals surface area contributed by atoms with Crippen molar-refractivity contribution in [2.45, 2.75) is 24.8 Å². The molecule has 3 heterocycles. The van der Waals surface area contributed by atoms with Gasteiger partial charge in [-0.1, -0.05) is 30.3 Å². The minimum absolute atomic E-state index is 0.0200. The van der Waals surface area contributed by atoms with E-state index in [1.165, 1.54) is 12.1 Å². The molecule has 0 spiro atoms. The molecule has 3 amide bonds. The van der Waals surface area contributed by atoms with Gasteiger partial charge in [0, 0.05) is 36.8 Å². The molecule has 158 valence electrons. The number of hydrogen-bond donors (Lipinski definition) is 2. The lowest BCUT2D eigenvalue weighted by molar-refractivity contribution is -0.126. The number of fused-ring (bicyclic) bond motifs is 1. The number of amides is 3. The minimum Gasteiger partial charge on any atom is -0.371 e. The fraction of sp³-hybridized carbons (Fsp3) is 0.292. The van der Waals surface area contributed by atoms with Crippen LogP contribution in [0.2, 0.25) is 0 Å². The lowest BCUT2D eigenvalue weighted by Gasteiger charge is -2.41. The molecular formula is C24H23FN4O2. The molecule has 0 radical (unpaired) electrons. The Hall–Kier alpha value is -3.48. The Morgan fingerprint density at radius 1 is 1.03 bits per heavy atom. The first-order chi connectivity index (χ1) is 15.0. The van der Waals surface area contributed by atoms with E-state index in [1.807, 2.05) is 30.5 Å². The van der Waals surface area contributed by atoms with E-state index in [9.17, 15) is 14.0 Å². The number of carbonyl (C=O) groups is 2. The van der Waals surface area contributed by atoms with Crippen molar-refractivity contribution in [2.75, 3.05) is 18.0 Å². The van der Waals surface area contributed by atoms with Gasteiger partial charge in [0.05, 0.1) is 5.52 Å². The van der Waals surface area contributed by atoms with Crippen LogP contribution in [0.5, 0.6) is 0 Å². The fourth-order valence-corrected chi connectivity index (χ4v) is 4.96. The van der Waals surface area contributed by atoms with Gasteiger partial charge in [-0.2, -0.15) is 0 Å². The number of aromatic nitrogens is 1. The smallest absolute Gasteiger partial charge is 0.322 e. The third kappa shape index (κ3) is 3.50. The maximum Gasteiger partial charge on any atom is 0.322 e. The number of carbonyl (C=O) groups excluding carboxylic acids is 2. The van der Waals surface area contributed by atoms with Gasteiger partial charge in [-0.05, 0) is 48.6 Å². The van der Waals surface area contributed by atoms with Crippen molar-refractivity contribution in [2.24, 2.45) is 5.92 Å². The normalized spacial score (nSPS) is 21.9. The van der Waals surface area contributed by atoms with Crippen LogP contribution in [0.3, 0.4) is 0 Å². The molecule has 31 heavy (non-hydrogen) atoms. The zero-order valence-electron chi connectivity index (χ0n) is 17.0. The monoisotopic (exact) mass is 418 g/mol. The van der Waals surface area contributed by atoms with Gasteiger partial charge >= 0.3 is 6.03 Å². The van der Waals surface area contributed by atoms with E-state index < -0.39 is 11.6 Å². The van der Waals surface area contributed by atoms with Gasteiger partial charge in [-0.3, -0.25) is 15.1 Å². The van der Waals surface area contributed by atoms with Gasteiger partial charge in [-0.15, -0.1) is 0 Å². The number of benzene rings is 2. The van der Waals surface area contributed by atoms with Crippen molar-refractivity contribution in [3.63, 3.8) is 0 Å². The van der Waals surface area contributed by atoms with E-state index in [4.69, 9.17) is 0 Å². The van der Waals surface area contributed by atoms with Crippen LogP contribution in [0.15, 0.2) is 60.8 Å². The number of nitrogens with zero attached hydrogens (tertiary/aromatic N) is 2. The highest BCUT2D eigenvalue weighted by Crippen LogP contribution is 2.36. The Morgan fingerprint density at radius 3 is 2.48 bits per heavy atom. The molecule has 0 bridgehead atoms. The van der Waals surface area contributed by atoms with E-state index in [-0.39, 0.29) is 17.6 Å². The number of hydrogen-bond acceptors (Lipinski definition) is 4. The van der Waals surface area contributed by atoms with Crippen LogP contribution in [-0.2, 0) is 11.2 Å². The van der Waals surface area contributed by atoms with Crippen LogP contribution in [-0.4, -0.2) is 35.6 Å². The van der Waals surface area contributed by atoms with E-state index in [1.54, 1.807) is 12.1 Å². The van der Waals surface area contributed by atoms with Crippen molar-refractivity contribution >= 4 is 28.5 Å². The summed E-state index contributed by atoms with van der Waals surface area (Å²) in [6.07, 6.45) is 3.68. The largest absolute Gasteiger partial charge is 0.371 e. The van der Waals surface area contributed by atoms with Gasteiger partial charge < -0.3 is 10.2 Å². The SMILES string of the molecule is O=C1NC(=O)[C@@](Cc2ccc(F)cc2)(C2CCN(c3ccnc4ccccc34)CC2)N1. The van der Waals surface area contributed by atoms with Crippen molar-refractivity contribution in [3.8, 4) is 0 Å². The van der Waals surface area contributed by atoms with Gasteiger partial charge in [0.25, 0.3) is 5.91 Å². The van der Waals surface area contributed by atoms with Gasteiger partial charge in [-0.25, -0.2) is 9.18 Å². The van der Waals surface area contributed by atoms with Crippen molar-refractivity contribution in [3.05, 3.63) is 72.2 Å².